The molecule has 0 aromatic heterocycles. The molecule has 1 amide bonds. The van der Waals surface area contributed by atoms with Gasteiger partial charge in [-0.15, -0.1) is 11.8 Å². The van der Waals surface area contributed by atoms with Crippen LogP contribution in [0.5, 0.6) is 11.5 Å². The molecule has 0 saturated heterocycles. The lowest BCUT2D eigenvalue weighted by atomic mass is 10.1. The minimum absolute atomic E-state index is 0.0391. The first-order valence-corrected chi connectivity index (χ1v) is 8.78. The molecule has 7 heteroatoms. The first-order chi connectivity index (χ1) is 12.0. The number of hydrogen-bond donors (Lipinski definition) is 1. The van der Waals surface area contributed by atoms with E-state index in [9.17, 15) is 13.6 Å². The second kappa shape index (κ2) is 7.74. The topological polar surface area (TPSA) is 47.6 Å². The average molecular weight is 365 g/mol. The molecule has 132 valence electrons. The molecule has 0 fully saturated rings. The van der Waals surface area contributed by atoms with Crippen LogP contribution in [0, 0.1) is 11.6 Å². The van der Waals surface area contributed by atoms with Gasteiger partial charge in [-0.2, -0.15) is 0 Å². The largest absolute Gasteiger partial charge is 0.486 e. The Labute approximate surface area is 148 Å². The number of carbonyl (C=O) groups excluding carboxylic acids is 1. The normalized spacial score (nSPS) is 14.0. The van der Waals surface area contributed by atoms with E-state index < -0.39 is 11.6 Å². The zero-order chi connectivity index (χ0) is 17.8. The molecule has 1 aliphatic heterocycles. The highest BCUT2D eigenvalue weighted by molar-refractivity contribution is 8.00. The molecule has 1 heterocycles. The van der Waals surface area contributed by atoms with Crippen LogP contribution in [-0.2, 0) is 4.79 Å². The molecule has 3 rings (SSSR count). The molecule has 2 aromatic rings. The molecule has 1 N–H and O–H groups in total. The Bertz CT molecular complexity index is 785. The Kier molecular flexibility index (Phi) is 5.43. The van der Waals surface area contributed by atoms with Crippen molar-refractivity contribution in [1.82, 2.24) is 5.32 Å². The van der Waals surface area contributed by atoms with Crippen molar-refractivity contribution >= 4 is 17.7 Å². The fourth-order valence-electron chi connectivity index (χ4n) is 2.43. The molecule has 0 spiro atoms. The number of amides is 1. The lowest BCUT2D eigenvalue weighted by molar-refractivity contribution is -0.119. The molecule has 0 radical (unpaired) electrons. The van der Waals surface area contributed by atoms with Gasteiger partial charge in [-0.05, 0) is 36.8 Å². The summed E-state index contributed by atoms with van der Waals surface area (Å²) >= 11 is 1.03. The van der Waals surface area contributed by atoms with Crippen molar-refractivity contribution in [1.29, 1.82) is 0 Å². The first-order valence-electron chi connectivity index (χ1n) is 7.79. The maximum atomic E-state index is 13.6. The van der Waals surface area contributed by atoms with Crippen molar-refractivity contribution in [3.63, 3.8) is 0 Å². The van der Waals surface area contributed by atoms with Gasteiger partial charge in [0.2, 0.25) is 5.91 Å². The zero-order valence-corrected chi connectivity index (χ0v) is 14.4. The van der Waals surface area contributed by atoms with Gasteiger partial charge in [0, 0.05) is 11.0 Å². The van der Waals surface area contributed by atoms with Crippen LogP contribution in [-0.4, -0.2) is 24.9 Å². The van der Waals surface area contributed by atoms with E-state index in [0.29, 0.717) is 24.7 Å². The first kappa shape index (κ1) is 17.5. The Morgan fingerprint density at radius 3 is 2.68 bits per heavy atom. The molecule has 1 aliphatic rings. The van der Waals surface area contributed by atoms with E-state index in [1.54, 1.807) is 0 Å². The smallest absolute Gasteiger partial charge is 0.230 e. The van der Waals surface area contributed by atoms with Gasteiger partial charge >= 0.3 is 0 Å². The number of fused-ring (bicyclic) bond motifs is 1. The molecule has 0 saturated carbocycles. The number of benzene rings is 2. The molecule has 0 unspecified atom stereocenters. The van der Waals surface area contributed by atoms with Crippen LogP contribution < -0.4 is 14.8 Å². The standard InChI is InChI=1S/C18H17F2NO3S/c1-11(12-2-4-15-16(8-12)24-7-6-23-15)21-18(22)10-25-17-5-3-13(19)9-14(17)20/h2-5,8-9,11H,6-7,10H2,1H3,(H,21,22)/t11-/m1/s1. The summed E-state index contributed by atoms with van der Waals surface area (Å²) in [5.41, 5.74) is 0.885. The molecular formula is C18H17F2NO3S. The molecule has 2 aromatic carbocycles. The maximum Gasteiger partial charge on any atom is 0.230 e. The van der Waals surface area contributed by atoms with Crippen LogP contribution in [0.2, 0.25) is 0 Å². The van der Waals surface area contributed by atoms with Gasteiger partial charge in [0.25, 0.3) is 0 Å². The maximum absolute atomic E-state index is 13.6. The van der Waals surface area contributed by atoms with Crippen LogP contribution in [0.4, 0.5) is 8.78 Å². The van der Waals surface area contributed by atoms with Crippen molar-refractivity contribution in [3.05, 3.63) is 53.6 Å². The highest BCUT2D eigenvalue weighted by Crippen LogP contribution is 2.32. The van der Waals surface area contributed by atoms with Crippen molar-refractivity contribution in [2.24, 2.45) is 0 Å². The van der Waals surface area contributed by atoms with Crippen LogP contribution in [0.3, 0.4) is 0 Å². The summed E-state index contributed by atoms with van der Waals surface area (Å²) in [5.74, 6) is -0.159. The van der Waals surface area contributed by atoms with Crippen molar-refractivity contribution < 1.29 is 23.0 Å². The van der Waals surface area contributed by atoms with Gasteiger partial charge in [0.1, 0.15) is 24.8 Å². The van der Waals surface area contributed by atoms with Gasteiger partial charge in [0.15, 0.2) is 11.5 Å². The summed E-state index contributed by atoms with van der Waals surface area (Å²) in [4.78, 5) is 12.3. The third-order valence-electron chi connectivity index (χ3n) is 3.70. The van der Waals surface area contributed by atoms with Gasteiger partial charge in [-0.1, -0.05) is 6.07 Å². The second-order valence-corrected chi connectivity index (χ2v) is 6.57. The number of nitrogens with one attached hydrogen (secondary N) is 1. The van der Waals surface area contributed by atoms with Gasteiger partial charge in [0.05, 0.1) is 11.8 Å². The minimum Gasteiger partial charge on any atom is -0.486 e. The van der Waals surface area contributed by atoms with Crippen molar-refractivity contribution in [2.45, 2.75) is 17.9 Å². The Morgan fingerprint density at radius 1 is 1.16 bits per heavy atom. The lowest BCUT2D eigenvalue weighted by Crippen LogP contribution is -2.28. The monoisotopic (exact) mass is 365 g/mol. The van der Waals surface area contributed by atoms with Crippen molar-refractivity contribution in [2.75, 3.05) is 19.0 Å². The second-order valence-electron chi connectivity index (χ2n) is 5.56. The summed E-state index contributed by atoms with van der Waals surface area (Å²) in [6, 6.07) is 8.58. The van der Waals surface area contributed by atoms with E-state index in [2.05, 4.69) is 5.32 Å². The minimum atomic E-state index is -0.669. The highest BCUT2D eigenvalue weighted by Gasteiger charge is 2.16. The fourth-order valence-corrected chi connectivity index (χ4v) is 3.16. The number of thioether (sulfide) groups is 1. The molecule has 25 heavy (non-hydrogen) atoms. The number of halogens is 2. The molecule has 0 aliphatic carbocycles. The Balaban J connectivity index is 1.57. The predicted octanol–water partition coefficient (Wildman–Crippen LogP) is 3.71. The average Bonchev–Trinajstić information content (AvgIpc) is 2.60. The van der Waals surface area contributed by atoms with E-state index >= 15 is 0 Å². The third kappa shape index (κ3) is 4.42. The van der Waals surface area contributed by atoms with E-state index in [0.717, 1.165) is 23.4 Å². The van der Waals surface area contributed by atoms with E-state index in [1.165, 1.54) is 12.1 Å². The van der Waals surface area contributed by atoms with Crippen LogP contribution in [0.1, 0.15) is 18.5 Å². The third-order valence-corrected chi connectivity index (χ3v) is 4.75. The number of carbonyl (C=O) groups is 1. The SMILES string of the molecule is C[C@@H](NC(=O)CSc1ccc(F)cc1F)c1ccc2c(c1)OCCO2. The summed E-state index contributed by atoms with van der Waals surface area (Å²) in [7, 11) is 0. The number of rotatable bonds is 5. The molecule has 4 nitrogen and oxygen atoms in total. The van der Waals surface area contributed by atoms with Crippen LogP contribution in [0.15, 0.2) is 41.3 Å². The summed E-state index contributed by atoms with van der Waals surface area (Å²) in [5, 5.41) is 2.85. The van der Waals surface area contributed by atoms with E-state index in [1.807, 2.05) is 25.1 Å². The van der Waals surface area contributed by atoms with Crippen LogP contribution >= 0.6 is 11.8 Å². The van der Waals surface area contributed by atoms with Gasteiger partial charge < -0.3 is 14.8 Å². The predicted molar refractivity (Wildman–Crippen MR) is 91.1 cm³/mol. The van der Waals surface area contributed by atoms with Crippen molar-refractivity contribution in [3.8, 4) is 11.5 Å². The van der Waals surface area contributed by atoms with E-state index in [-0.39, 0.29) is 22.6 Å². The quantitative estimate of drug-likeness (QED) is 0.821. The molecular weight excluding hydrogens is 348 g/mol. The van der Waals surface area contributed by atoms with Gasteiger partial charge in [-0.25, -0.2) is 8.78 Å². The summed E-state index contributed by atoms with van der Waals surface area (Å²) < 4.78 is 37.5. The van der Waals surface area contributed by atoms with Gasteiger partial charge in [-0.3, -0.25) is 4.79 Å². The molecule has 1 atom stereocenters. The zero-order valence-electron chi connectivity index (χ0n) is 13.6. The Hall–Kier alpha value is -2.28. The van der Waals surface area contributed by atoms with Crippen LogP contribution in [0.25, 0.3) is 0 Å². The lowest BCUT2D eigenvalue weighted by Gasteiger charge is -2.21. The Morgan fingerprint density at radius 2 is 1.92 bits per heavy atom. The summed E-state index contributed by atoms with van der Waals surface area (Å²) in [6.07, 6.45) is 0. The highest BCUT2D eigenvalue weighted by atomic mass is 32.2. The summed E-state index contributed by atoms with van der Waals surface area (Å²) in [6.45, 7) is 2.87. The number of ether oxygens (including phenoxy) is 2. The molecule has 0 bridgehead atoms. The fraction of sp³-hybridized carbons (Fsp3) is 0.278. The number of hydrogen-bond acceptors (Lipinski definition) is 4. The van der Waals surface area contributed by atoms with E-state index in [4.69, 9.17) is 9.47 Å².